The standard InChI is InChI=1S/C24H31FN2O4/c1-5-14-26-24(29)17(2)27(16-19-8-6-7-9-20(19)25)23(28)13-11-18-10-12-21(30-3)22(15-18)31-4/h6-10,12,15,17H,5,11,13-14,16H2,1-4H3,(H,26,29)/t17-/m1/s1. The van der Waals surface area contributed by atoms with Crippen LogP contribution in [0.15, 0.2) is 42.5 Å². The molecule has 31 heavy (non-hydrogen) atoms. The maximum absolute atomic E-state index is 14.2. The molecule has 2 rings (SSSR count). The normalized spacial score (nSPS) is 11.5. The van der Waals surface area contributed by atoms with Crippen molar-refractivity contribution in [3.8, 4) is 11.5 Å². The number of benzene rings is 2. The zero-order chi connectivity index (χ0) is 22.8. The van der Waals surface area contributed by atoms with E-state index in [4.69, 9.17) is 9.47 Å². The van der Waals surface area contributed by atoms with Crippen LogP contribution in [0.1, 0.15) is 37.8 Å². The van der Waals surface area contributed by atoms with Gasteiger partial charge in [0.25, 0.3) is 0 Å². The van der Waals surface area contributed by atoms with Gasteiger partial charge in [0, 0.05) is 25.1 Å². The largest absolute Gasteiger partial charge is 0.493 e. The molecule has 0 radical (unpaired) electrons. The van der Waals surface area contributed by atoms with Gasteiger partial charge in [-0.05, 0) is 43.5 Å². The van der Waals surface area contributed by atoms with E-state index in [-0.39, 0.29) is 24.8 Å². The van der Waals surface area contributed by atoms with Crippen molar-refractivity contribution in [1.29, 1.82) is 0 Å². The minimum Gasteiger partial charge on any atom is -0.493 e. The van der Waals surface area contributed by atoms with Crippen molar-refractivity contribution >= 4 is 11.8 Å². The molecule has 2 amide bonds. The number of nitrogens with zero attached hydrogens (tertiary/aromatic N) is 1. The van der Waals surface area contributed by atoms with Crippen LogP contribution in [0, 0.1) is 5.82 Å². The molecule has 7 heteroatoms. The SMILES string of the molecule is CCCNC(=O)[C@@H](C)N(Cc1ccccc1F)C(=O)CCc1ccc(OC)c(OC)c1. The number of nitrogens with one attached hydrogen (secondary N) is 1. The Hall–Kier alpha value is -3.09. The lowest BCUT2D eigenvalue weighted by Gasteiger charge is -2.29. The van der Waals surface area contributed by atoms with Crippen molar-refractivity contribution in [2.75, 3.05) is 20.8 Å². The molecule has 1 N–H and O–H groups in total. The van der Waals surface area contributed by atoms with Crippen molar-refractivity contribution in [3.63, 3.8) is 0 Å². The third kappa shape index (κ3) is 6.70. The van der Waals surface area contributed by atoms with Gasteiger partial charge in [-0.3, -0.25) is 9.59 Å². The molecule has 0 unspecified atom stereocenters. The Morgan fingerprint density at radius 3 is 2.45 bits per heavy atom. The number of carbonyl (C=O) groups excluding carboxylic acids is 2. The monoisotopic (exact) mass is 430 g/mol. The van der Waals surface area contributed by atoms with E-state index in [1.54, 1.807) is 45.4 Å². The minimum atomic E-state index is -0.718. The zero-order valence-electron chi connectivity index (χ0n) is 18.6. The van der Waals surface area contributed by atoms with Crippen LogP contribution < -0.4 is 14.8 Å². The second-order valence-electron chi connectivity index (χ2n) is 7.27. The summed E-state index contributed by atoms with van der Waals surface area (Å²) in [5.74, 6) is 0.319. The summed E-state index contributed by atoms with van der Waals surface area (Å²) < 4.78 is 24.8. The van der Waals surface area contributed by atoms with Crippen LogP contribution in [-0.2, 0) is 22.6 Å². The molecule has 6 nitrogen and oxygen atoms in total. The van der Waals surface area contributed by atoms with Gasteiger partial charge in [0.15, 0.2) is 11.5 Å². The molecule has 0 saturated carbocycles. The highest BCUT2D eigenvalue weighted by atomic mass is 19.1. The first-order valence-electron chi connectivity index (χ1n) is 10.4. The number of carbonyl (C=O) groups is 2. The Bertz CT molecular complexity index is 888. The molecule has 0 fully saturated rings. The highest BCUT2D eigenvalue weighted by Gasteiger charge is 2.26. The van der Waals surface area contributed by atoms with Crippen molar-refractivity contribution in [3.05, 3.63) is 59.4 Å². The number of halogens is 1. The highest BCUT2D eigenvalue weighted by molar-refractivity contribution is 5.87. The van der Waals surface area contributed by atoms with Gasteiger partial charge in [0.2, 0.25) is 11.8 Å². The van der Waals surface area contributed by atoms with E-state index in [2.05, 4.69) is 5.32 Å². The quantitative estimate of drug-likeness (QED) is 0.590. The minimum absolute atomic E-state index is 0.0259. The average Bonchev–Trinajstić information content (AvgIpc) is 2.79. The van der Waals surface area contributed by atoms with Gasteiger partial charge < -0.3 is 19.7 Å². The summed E-state index contributed by atoms with van der Waals surface area (Å²) in [4.78, 5) is 27.1. The smallest absolute Gasteiger partial charge is 0.242 e. The Morgan fingerprint density at radius 2 is 1.81 bits per heavy atom. The number of amides is 2. The first-order chi connectivity index (χ1) is 14.9. The number of rotatable bonds is 11. The maximum atomic E-state index is 14.2. The summed E-state index contributed by atoms with van der Waals surface area (Å²) in [6.45, 7) is 4.17. The maximum Gasteiger partial charge on any atom is 0.242 e. The number of methoxy groups -OCH3 is 2. The van der Waals surface area contributed by atoms with Crippen LogP contribution in [0.2, 0.25) is 0 Å². The molecule has 2 aromatic rings. The molecule has 2 aromatic carbocycles. The third-order valence-electron chi connectivity index (χ3n) is 5.09. The Labute approximate surface area is 183 Å². The molecular formula is C24H31FN2O4. The lowest BCUT2D eigenvalue weighted by atomic mass is 10.1. The molecule has 0 aliphatic carbocycles. The fourth-order valence-corrected chi connectivity index (χ4v) is 3.22. The predicted molar refractivity (Wildman–Crippen MR) is 118 cm³/mol. The fourth-order valence-electron chi connectivity index (χ4n) is 3.22. The summed E-state index contributed by atoms with van der Waals surface area (Å²) in [6, 6.07) is 11.0. The number of aryl methyl sites for hydroxylation is 1. The van der Waals surface area contributed by atoms with Gasteiger partial charge in [0.05, 0.1) is 14.2 Å². The number of ether oxygens (including phenoxy) is 2. The van der Waals surface area contributed by atoms with E-state index in [0.717, 1.165) is 12.0 Å². The number of hydrogen-bond acceptors (Lipinski definition) is 4. The van der Waals surface area contributed by atoms with Gasteiger partial charge in [-0.2, -0.15) is 0 Å². The molecule has 0 aromatic heterocycles. The van der Waals surface area contributed by atoms with E-state index in [1.807, 2.05) is 19.1 Å². The first-order valence-corrected chi connectivity index (χ1v) is 10.4. The van der Waals surface area contributed by atoms with Gasteiger partial charge in [-0.25, -0.2) is 4.39 Å². The topological polar surface area (TPSA) is 67.9 Å². The second-order valence-corrected chi connectivity index (χ2v) is 7.27. The average molecular weight is 431 g/mol. The summed E-state index contributed by atoms with van der Waals surface area (Å²) in [5.41, 5.74) is 1.28. The molecule has 168 valence electrons. The molecule has 0 heterocycles. The van der Waals surface area contributed by atoms with Crippen LogP contribution in [0.3, 0.4) is 0 Å². The second kappa shape index (κ2) is 11.9. The summed E-state index contributed by atoms with van der Waals surface area (Å²) >= 11 is 0. The molecule has 0 saturated heterocycles. The lowest BCUT2D eigenvalue weighted by Crippen LogP contribution is -2.47. The van der Waals surface area contributed by atoms with Gasteiger partial charge in [-0.15, -0.1) is 0 Å². The van der Waals surface area contributed by atoms with Crippen molar-refractivity contribution in [2.24, 2.45) is 0 Å². The van der Waals surface area contributed by atoms with Crippen LogP contribution in [0.4, 0.5) is 4.39 Å². The number of hydrogen-bond donors (Lipinski definition) is 1. The van der Waals surface area contributed by atoms with E-state index < -0.39 is 11.9 Å². The Morgan fingerprint density at radius 1 is 1.10 bits per heavy atom. The molecule has 1 atom stereocenters. The van der Waals surface area contributed by atoms with Gasteiger partial charge in [0.1, 0.15) is 11.9 Å². The predicted octanol–water partition coefficient (Wildman–Crippen LogP) is 3.72. The van der Waals surface area contributed by atoms with E-state index in [9.17, 15) is 14.0 Å². The van der Waals surface area contributed by atoms with Gasteiger partial charge >= 0.3 is 0 Å². The third-order valence-corrected chi connectivity index (χ3v) is 5.09. The Balaban J connectivity index is 2.17. The molecule has 0 bridgehead atoms. The van der Waals surface area contributed by atoms with Gasteiger partial charge in [-0.1, -0.05) is 31.2 Å². The van der Waals surface area contributed by atoms with Crippen molar-refractivity contribution in [1.82, 2.24) is 10.2 Å². The first kappa shape index (κ1) is 24.2. The van der Waals surface area contributed by atoms with Crippen molar-refractivity contribution < 1.29 is 23.5 Å². The van der Waals surface area contributed by atoms with E-state index in [0.29, 0.717) is 30.0 Å². The van der Waals surface area contributed by atoms with Crippen LogP contribution >= 0.6 is 0 Å². The molecule has 0 aliphatic heterocycles. The molecule has 0 aliphatic rings. The fraction of sp³-hybridized carbons (Fsp3) is 0.417. The van der Waals surface area contributed by atoms with Crippen LogP contribution in [0.25, 0.3) is 0 Å². The molecular weight excluding hydrogens is 399 g/mol. The summed E-state index contributed by atoms with van der Waals surface area (Å²) in [7, 11) is 3.12. The zero-order valence-corrected chi connectivity index (χ0v) is 18.6. The highest BCUT2D eigenvalue weighted by Crippen LogP contribution is 2.28. The Kier molecular flexibility index (Phi) is 9.31. The van der Waals surface area contributed by atoms with Crippen molar-refractivity contribution in [2.45, 2.75) is 45.7 Å². The lowest BCUT2D eigenvalue weighted by molar-refractivity contribution is -0.140. The van der Waals surface area contributed by atoms with Crippen LogP contribution in [0.5, 0.6) is 11.5 Å². The molecule has 0 spiro atoms. The van der Waals surface area contributed by atoms with E-state index in [1.165, 1.54) is 11.0 Å². The van der Waals surface area contributed by atoms with E-state index >= 15 is 0 Å². The summed E-state index contributed by atoms with van der Waals surface area (Å²) in [5, 5.41) is 2.81. The van der Waals surface area contributed by atoms with Crippen LogP contribution in [-0.4, -0.2) is 43.5 Å². The summed E-state index contributed by atoms with van der Waals surface area (Å²) in [6.07, 6.45) is 1.42.